The minimum absolute atomic E-state index is 0.271. The van der Waals surface area contributed by atoms with Gasteiger partial charge in [-0.25, -0.2) is 4.98 Å². The van der Waals surface area contributed by atoms with E-state index in [2.05, 4.69) is 25.5 Å². The summed E-state index contributed by atoms with van der Waals surface area (Å²) in [7, 11) is 0. The van der Waals surface area contributed by atoms with E-state index in [0.717, 1.165) is 33.3 Å². The second-order valence-corrected chi connectivity index (χ2v) is 7.39. The second kappa shape index (κ2) is 6.92. The largest absolute Gasteiger partial charge is 0.338 e. The molecule has 2 heterocycles. The van der Waals surface area contributed by atoms with Gasteiger partial charge in [0.2, 0.25) is 0 Å². The van der Waals surface area contributed by atoms with Gasteiger partial charge in [-0.1, -0.05) is 35.3 Å². The molecule has 6 nitrogen and oxygen atoms in total. The van der Waals surface area contributed by atoms with Gasteiger partial charge in [-0.2, -0.15) is 5.10 Å². The van der Waals surface area contributed by atoms with Crippen molar-refractivity contribution in [3.8, 4) is 11.4 Å². The van der Waals surface area contributed by atoms with Gasteiger partial charge in [0.15, 0.2) is 0 Å². The summed E-state index contributed by atoms with van der Waals surface area (Å²) in [6, 6.07) is 16.2. The summed E-state index contributed by atoms with van der Waals surface area (Å²) in [5, 5.41) is 11.6. The van der Waals surface area contributed by atoms with Crippen LogP contribution in [0.3, 0.4) is 0 Å². The molecule has 0 aliphatic heterocycles. The van der Waals surface area contributed by atoms with Crippen LogP contribution in [0.25, 0.3) is 33.3 Å². The van der Waals surface area contributed by atoms with Crippen LogP contribution >= 0.6 is 23.2 Å². The van der Waals surface area contributed by atoms with Crippen LogP contribution in [0.2, 0.25) is 10.0 Å². The van der Waals surface area contributed by atoms with Crippen LogP contribution in [0.5, 0.6) is 0 Å². The van der Waals surface area contributed by atoms with Gasteiger partial charge in [0.05, 0.1) is 32.8 Å². The molecule has 142 valence electrons. The van der Waals surface area contributed by atoms with Crippen LogP contribution in [0, 0.1) is 0 Å². The molecule has 0 saturated heterocycles. The number of carbonyl (C=O) groups excluding carboxylic acids is 1. The Morgan fingerprint density at radius 2 is 1.83 bits per heavy atom. The maximum absolute atomic E-state index is 12.5. The number of hydrogen-bond acceptors (Lipinski definition) is 3. The fraction of sp³-hybridized carbons (Fsp3) is 0. The third-order valence-electron chi connectivity index (χ3n) is 4.64. The van der Waals surface area contributed by atoms with Gasteiger partial charge in [-0.15, -0.1) is 0 Å². The van der Waals surface area contributed by atoms with Crippen LogP contribution in [0.1, 0.15) is 10.4 Å². The molecule has 3 N–H and O–H groups in total. The maximum Gasteiger partial charge on any atom is 0.255 e. The van der Waals surface area contributed by atoms with Crippen LogP contribution in [-0.2, 0) is 0 Å². The highest BCUT2D eigenvalue weighted by Gasteiger charge is 2.11. The van der Waals surface area contributed by atoms with E-state index in [4.69, 9.17) is 23.2 Å². The summed E-state index contributed by atoms with van der Waals surface area (Å²) in [5.41, 5.74) is 4.58. The van der Waals surface area contributed by atoms with Gasteiger partial charge in [0, 0.05) is 22.2 Å². The Morgan fingerprint density at radius 3 is 2.69 bits per heavy atom. The molecule has 0 saturated carbocycles. The van der Waals surface area contributed by atoms with Gasteiger partial charge >= 0.3 is 0 Å². The molecule has 0 aliphatic carbocycles. The summed E-state index contributed by atoms with van der Waals surface area (Å²) >= 11 is 11.9. The smallest absolute Gasteiger partial charge is 0.255 e. The number of fused-ring (bicyclic) bond motifs is 2. The molecular weight excluding hydrogens is 409 g/mol. The molecule has 3 aromatic carbocycles. The van der Waals surface area contributed by atoms with Gasteiger partial charge in [-0.05, 0) is 42.5 Å². The number of benzene rings is 3. The molecule has 0 aliphatic rings. The maximum atomic E-state index is 12.5. The monoisotopic (exact) mass is 421 g/mol. The number of hydrogen-bond donors (Lipinski definition) is 3. The Hall–Kier alpha value is -3.35. The number of aromatic amines is 2. The highest BCUT2D eigenvalue weighted by Crippen LogP contribution is 2.26. The lowest BCUT2D eigenvalue weighted by Crippen LogP contribution is -2.11. The molecule has 5 rings (SSSR count). The van der Waals surface area contributed by atoms with E-state index in [1.54, 1.807) is 24.4 Å². The molecule has 29 heavy (non-hydrogen) atoms. The van der Waals surface area contributed by atoms with E-state index in [1.165, 1.54) is 6.07 Å². The van der Waals surface area contributed by atoms with Crippen molar-refractivity contribution in [1.82, 2.24) is 20.2 Å². The molecule has 0 spiro atoms. The van der Waals surface area contributed by atoms with E-state index in [1.807, 2.05) is 30.3 Å². The number of imidazole rings is 1. The molecule has 0 fully saturated rings. The van der Waals surface area contributed by atoms with Crippen molar-refractivity contribution in [3.05, 3.63) is 76.4 Å². The first-order valence-electron chi connectivity index (χ1n) is 8.76. The minimum atomic E-state index is -0.271. The van der Waals surface area contributed by atoms with Crippen molar-refractivity contribution < 1.29 is 4.79 Å². The number of nitrogens with one attached hydrogen (secondary N) is 3. The van der Waals surface area contributed by atoms with Crippen molar-refractivity contribution in [2.75, 3.05) is 5.32 Å². The first-order valence-corrected chi connectivity index (χ1v) is 9.52. The van der Waals surface area contributed by atoms with E-state index < -0.39 is 0 Å². The quantitative estimate of drug-likeness (QED) is 0.350. The molecule has 8 heteroatoms. The number of halogens is 2. The van der Waals surface area contributed by atoms with Crippen LogP contribution < -0.4 is 5.32 Å². The van der Waals surface area contributed by atoms with Gasteiger partial charge in [-0.3, -0.25) is 9.89 Å². The fourth-order valence-corrected chi connectivity index (χ4v) is 3.45. The molecule has 0 radical (unpaired) electrons. The van der Waals surface area contributed by atoms with Gasteiger partial charge < -0.3 is 10.3 Å². The average molecular weight is 422 g/mol. The predicted molar refractivity (Wildman–Crippen MR) is 116 cm³/mol. The zero-order valence-electron chi connectivity index (χ0n) is 14.8. The van der Waals surface area contributed by atoms with Crippen molar-refractivity contribution in [2.24, 2.45) is 0 Å². The van der Waals surface area contributed by atoms with E-state index in [-0.39, 0.29) is 5.91 Å². The topological polar surface area (TPSA) is 86.5 Å². The summed E-state index contributed by atoms with van der Waals surface area (Å²) in [5.74, 6) is 0.469. The van der Waals surface area contributed by atoms with Gasteiger partial charge in [0.25, 0.3) is 5.91 Å². The number of anilines is 1. The summed E-state index contributed by atoms with van der Waals surface area (Å²) < 4.78 is 0. The fourth-order valence-electron chi connectivity index (χ4n) is 3.15. The zero-order valence-corrected chi connectivity index (χ0v) is 16.3. The zero-order chi connectivity index (χ0) is 20.0. The Kier molecular flexibility index (Phi) is 4.23. The van der Waals surface area contributed by atoms with E-state index >= 15 is 0 Å². The van der Waals surface area contributed by atoms with Crippen molar-refractivity contribution >= 4 is 56.7 Å². The number of aromatic nitrogens is 4. The van der Waals surface area contributed by atoms with E-state index in [9.17, 15) is 4.79 Å². The van der Waals surface area contributed by atoms with Gasteiger partial charge in [0.1, 0.15) is 5.82 Å². The number of carbonyl (C=O) groups is 1. The normalized spacial score (nSPS) is 11.2. The first kappa shape index (κ1) is 17.7. The molecule has 5 aromatic rings. The highest BCUT2D eigenvalue weighted by atomic mass is 35.5. The molecule has 0 bridgehead atoms. The van der Waals surface area contributed by atoms with Crippen LogP contribution in [0.4, 0.5) is 5.69 Å². The average Bonchev–Trinajstić information content (AvgIpc) is 3.35. The number of nitrogens with zero attached hydrogens (tertiary/aromatic N) is 2. The molecule has 0 atom stereocenters. The van der Waals surface area contributed by atoms with Crippen molar-refractivity contribution in [3.63, 3.8) is 0 Å². The SMILES string of the molecule is O=C(Nc1ccc2nc(-c3ccc4cn[nH]c4c3)[nH]c2c1)c1ccc(Cl)c(Cl)c1. The Balaban J connectivity index is 1.44. The predicted octanol–water partition coefficient (Wildman–Crippen LogP) is 5.67. The van der Waals surface area contributed by atoms with Crippen LogP contribution in [-0.4, -0.2) is 26.1 Å². The third kappa shape index (κ3) is 3.33. The Bertz CT molecular complexity index is 1390. The number of H-pyrrole nitrogens is 2. The summed E-state index contributed by atoms with van der Waals surface area (Å²) in [6.07, 6.45) is 1.78. The summed E-state index contributed by atoms with van der Waals surface area (Å²) in [4.78, 5) is 20.4. The second-order valence-electron chi connectivity index (χ2n) is 6.57. The lowest BCUT2D eigenvalue weighted by Gasteiger charge is -2.06. The summed E-state index contributed by atoms with van der Waals surface area (Å²) in [6.45, 7) is 0. The minimum Gasteiger partial charge on any atom is -0.338 e. The Morgan fingerprint density at radius 1 is 0.931 bits per heavy atom. The molecule has 0 unspecified atom stereocenters. The number of rotatable bonds is 3. The Labute approximate surface area is 174 Å². The molecule has 2 aromatic heterocycles. The molecule has 1 amide bonds. The molecular formula is C21H13Cl2N5O. The van der Waals surface area contributed by atoms with E-state index in [0.29, 0.717) is 21.3 Å². The third-order valence-corrected chi connectivity index (χ3v) is 5.38. The van der Waals surface area contributed by atoms with Crippen molar-refractivity contribution in [2.45, 2.75) is 0 Å². The number of amides is 1. The highest BCUT2D eigenvalue weighted by molar-refractivity contribution is 6.42. The first-order chi connectivity index (χ1) is 14.1. The van der Waals surface area contributed by atoms with Crippen LogP contribution in [0.15, 0.2) is 60.8 Å². The lowest BCUT2D eigenvalue weighted by atomic mass is 10.1. The lowest BCUT2D eigenvalue weighted by molar-refractivity contribution is 0.102. The standard InChI is InChI=1S/C21H13Cl2N5O/c22-15-5-3-12(7-16(15)23)21(29)25-14-4-6-17-19(9-14)27-20(26-17)11-1-2-13-10-24-28-18(13)8-11/h1-10H,(H,24,28)(H,25,29)(H,26,27). The van der Waals surface area contributed by atoms with Crippen molar-refractivity contribution in [1.29, 1.82) is 0 Å².